The van der Waals surface area contributed by atoms with Crippen LogP contribution in [0.5, 0.6) is 0 Å². The molecule has 0 aromatic heterocycles. The van der Waals surface area contributed by atoms with Gasteiger partial charge in [-0.2, -0.15) is 0 Å². The molecule has 2 aliphatic heterocycles. The van der Waals surface area contributed by atoms with E-state index in [-0.39, 0.29) is 18.2 Å². The van der Waals surface area contributed by atoms with Gasteiger partial charge < -0.3 is 19.5 Å². The number of amides is 1. The zero-order valence-electron chi connectivity index (χ0n) is 10.3. The van der Waals surface area contributed by atoms with Crippen LogP contribution in [0.25, 0.3) is 0 Å². The molecule has 1 N–H and O–H groups in total. The molecule has 1 fully saturated rings. The highest BCUT2D eigenvalue weighted by molar-refractivity contribution is 5.92. The van der Waals surface area contributed by atoms with Gasteiger partial charge in [-0.05, 0) is 19.8 Å². The minimum Gasteiger partial charge on any atom is -0.491 e. The summed E-state index contributed by atoms with van der Waals surface area (Å²) in [6.45, 7) is 3.30. The van der Waals surface area contributed by atoms with Crippen LogP contribution in [0, 0.1) is 5.92 Å². The van der Waals surface area contributed by atoms with Crippen molar-refractivity contribution in [2.75, 3.05) is 26.3 Å². The monoisotopic (exact) mass is 255 g/mol. The van der Waals surface area contributed by atoms with E-state index in [4.69, 9.17) is 14.6 Å². The summed E-state index contributed by atoms with van der Waals surface area (Å²) in [7, 11) is 0. The highest BCUT2D eigenvalue weighted by Gasteiger charge is 2.32. The predicted octanol–water partition coefficient (Wildman–Crippen LogP) is 0.588. The molecule has 1 saturated heterocycles. The number of hydrogen-bond acceptors (Lipinski definition) is 4. The lowest BCUT2D eigenvalue weighted by Gasteiger charge is -2.32. The lowest BCUT2D eigenvalue weighted by Crippen LogP contribution is -2.44. The fourth-order valence-electron chi connectivity index (χ4n) is 2.22. The van der Waals surface area contributed by atoms with Gasteiger partial charge in [0.2, 0.25) is 5.76 Å². The molecule has 0 saturated carbocycles. The number of rotatable bonds is 2. The molecule has 0 aromatic carbocycles. The van der Waals surface area contributed by atoms with E-state index in [0.29, 0.717) is 38.4 Å². The number of nitrogens with zero attached hydrogens (tertiary/aromatic N) is 1. The van der Waals surface area contributed by atoms with E-state index >= 15 is 0 Å². The minimum absolute atomic E-state index is 0.215. The van der Waals surface area contributed by atoms with Gasteiger partial charge in [0.05, 0.1) is 5.92 Å². The Morgan fingerprint density at radius 2 is 2.06 bits per heavy atom. The Morgan fingerprint density at radius 3 is 2.72 bits per heavy atom. The Balaban J connectivity index is 2.06. The largest absolute Gasteiger partial charge is 0.491 e. The van der Waals surface area contributed by atoms with Crippen LogP contribution in [0.2, 0.25) is 0 Å². The summed E-state index contributed by atoms with van der Waals surface area (Å²) >= 11 is 0. The molecule has 1 unspecified atom stereocenters. The lowest BCUT2D eigenvalue weighted by molar-refractivity contribution is -0.146. The van der Waals surface area contributed by atoms with Crippen LogP contribution < -0.4 is 0 Å². The summed E-state index contributed by atoms with van der Waals surface area (Å²) in [6.07, 6.45) is 1.32. The summed E-state index contributed by atoms with van der Waals surface area (Å²) in [5, 5.41) is 8.99. The average molecular weight is 255 g/mol. The SMILES string of the molecule is CC1=C(C(=O)N2CCCC(C(=O)O)C2)OCCO1. The van der Waals surface area contributed by atoms with Crippen LogP contribution in [-0.2, 0) is 19.1 Å². The van der Waals surface area contributed by atoms with Crippen molar-refractivity contribution in [3.8, 4) is 0 Å². The number of piperidine rings is 1. The maximum atomic E-state index is 12.2. The third-order valence-corrected chi connectivity index (χ3v) is 3.22. The minimum atomic E-state index is -0.848. The Bertz CT molecular complexity index is 390. The molecular weight excluding hydrogens is 238 g/mol. The Kier molecular flexibility index (Phi) is 3.74. The molecular formula is C12H17NO5. The topological polar surface area (TPSA) is 76.1 Å². The zero-order chi connectivity index (χ0) is 13.1. The maximum Gasteiger partial charge on any atom is 0.308 e. The second kappa shape index (κ2) is 5.29. The summed E-state index contributed by atoms with van der Waals surface area (Å²) in [4.78, 5) is 24.7. The van der Waals surface area contributed by atoms with Crippen molar-refractivity contribution in [3.63, 3.8) is 0 Å². The third-order valence-electron chi connectivity index (χ3n) is 3.22. The molecule has 0 spiro atoms. The fourth-order valence-corrected chi connectivity index (χ4v) is 2.22. The van der Waals surface area contributed by atoms with Crippen molar-refractivity contribution >= 4 is 11.9 Å². The number of allylic oxidation sites excluding steroid dienone is 1. The van der Waals surface area contributed by atoms with Crippen LogP contribution >= 0.6 is 0 Å². The van der Waals surface area contributed by atoms with E-state index in [9.17, 15) is 9.59 Å². The van der Waals surface area contributed by atoms with E-state index in [1.807, 2.05) is 0 Å². The Labute approximate surface area is 105 Å². The summed E-state index contributed by atoms with van der Waals surface area (Å²) in [5.74, 6) is -0.902. The number of carboxylic acids is 1. The smallest absolute Gasteiger partial charge is 0.308 e. The van der Waals surface area contributed by atoms with Gasteiger partial charge in [0.1, 0.15) is 19.0 Å². The van der Waals surface area contributed by atoms with Crippen molar-refractivity contribution in [3.05, 3.63) is 11.5 Å². The van der Waals surface area contributed by atoms with E-state index in [2.05, 4.69) is 0 Å². The number of likely N-dealkylation sites (tertiary alicyclic amines) is 1. The molecule has 0 aromatic rings. The normalized spacial score (nSPS) is 24.3. The van der Waals surface area contributed by atoms with Gasteiger partial charge in [-0.25, -0.2) is 0 Å². The predicted molar refractivity (Wildman–Crippen MR) is 61.5 cm³/mol. The van der Waals surface area contributed by atoms with Gasteiger partial charge in [0.15, 0.2) is 0 Å². The highest BCUT2D eigenvalue weighted by Crippen LogP contribution is 2.21. The van der Waals surface area contributed by atoms with Gasteiger partial charge in [-0.3, -0.25) is 9.59 Å². The van der Waals surface area contributed by atoms with Gasteiger partial charge in [-0.15, -0.1) is 0 Å². The van der Waals surface area contributed by atoms with Crippen LogP contribution in [0.1, 0.15) is 19.8 Å². The number of carbonyl (C=O) groups is 2. The van der Waals surface area contributed by atoms with E-state index in [1.165, 1.54) is 4.90 Å². The first kappa shape index (κ1) is 12.7. The molecule has 1 amide bonds. The molecule has 2 heterocycles. The van der Waals surface area contributed by atoms with Crippen molar-refractivity contribution in [1.82, 2.24) is 4.90 Å². The summed E-state index contributed by atoms with van der Waals surface area (Å²) in [5.41, 5.74) is 0. The maximum absolute atomic E-state index is 12.2. The van der Waals surface area contributed by atoms with Crippen LogP contribution in [0.15, 0.2) is 11.5 Å². The van der Waals surface area contributed by atoms with Gasteiger partial charge in [-0.1, -0.05) is 0 Å². The molecule has 1 atom stereocenters. The van der Waals surface area contributed by atoms with E-state index in [0.717, 1.165) is 0 Å². The fraction of sp³-hybridized carbons (Fsp3) is 0.667. The van der Waals surface area contributed by atoms with Gasteiger partial charge in [0, 0.05) is 13.1 Å². The van der Waals surface area contributed by atoms with Gasteiger partial charge >= 0.3 is 5.97 Å². The van der Waals surface area contributed by atoms with Crippen LogP contribution in [0.3, 0.4) is 0 Å². The molecule has 2 rings (SSSR count). The Hall–Kier alpha value is -1.72. The van der Waals surface area contributed by atoms with Crippen molar-refractivity contribution < 1.29 is 24.2 Å². The number of aliphatic carboxylic acids is 1. The quantitative estimate of drug-likeness (QED) is 0.781. The second-order valence-corrected chi connectivity index (χ2v) is 4.51. The van der Waals surface area contributed by atoms with Crippen LogP contribution in [0.4, 0.5) is 0 Å². The Morgan fingerprint density at radius 1 is 1.33 bits per heavy atom. The molecule has 18 heavy (non-hydrogen) atoms. The van der Waals surface area contributed by atoms with Crippen molar-refractivity contribution in [2.45, 2.75) is 19.8 Å². The number of carbonyl (C=O) groups excluding carboxylic acids is 1. The second-order valence-electron chi connectivity index (χ2n) is 4.51. The van der Waals surface area contributed by atoms with E-state index in [1.54, 1.807) is 6.92 Å². The molecule has 6 nitrogen and oxygen atoms in total. The number of carboxylic acid groups (broad SMARTS) is 1. The molecule has 2 aliphatic rings. The highest BCUT2D eigenvalue weighted by atomic mass is 16.6. The molecule has 6 heteroatoms. The third kappa shape index (κ3) is 2.57. The average Bonchev–Trinajstić information content (AvgIpc) is 2.38. The van der Waals surface area contributed by atoms with Crippen LogP contribution in [-0.4, -0.2) is 48.2 Å². The first-order valence-electron chi connectivity index (χ1n) is 6.08. The van der Waals surface area contributed by atoms with Gasteiger partial charge in [0.25, 0.3) is 5.91 Å². The molecule has 100 valence electrons. The van der Waals surface area contributed by atoms with Crippen molar-refractivity contribution in [1.29, 1.82) is 0 Å². The lowest BCUT2D eigenvalue weighted by atomic mass is 9.98. The first-order valence-corrected chi connectivity index (χ1v) is 6.08. The summed E-state index contributed by atoms with van der Waals surface area (Å²) in [6, 6.07) is 0. The number of hydrogen-bond donors (Lipinski definition) is 1. The molecule has 0 bridgehead atoms. The van der Waals surface area contributed by atoms with E-state index < -0.39 is 11.9 Å². The molecule has 0 radical (unpaired) electrons. The first-order chi connectivity index (χ1) is 8.59. The summed E-state index contributed by atoms with van der Waals surface area (Å²) < 4.78 is 10.6. The number of ether oxygens (including phenoxy) is 2. The van der Waals surface area contributed by atoms with Crippen molar-refractivity contribution in [2.24, 2.45) is 5.92 Å². The standard InChI is InChI=1S/C12H17NO5/c1-8-10(18-6-5-17-8)11(14)13-4-2-3-9(7-13)12(15)16/h9H,2-7H2,1H3,(H,15,16). The molecule has 0 aliphatic carbocycles. The zero-order valence-corrected chi connectivity index (χ0v) is 10.3.